The van der Waals surface area contributed by atoms with Gasteiger partial charge in [-0.25, -0.2) is 8.78 Å². The van der Waals surface area contributed by atoms with Gasteiger partial charge < -0.3 is 15.0 Å². The number of halogens is 3. The minimum Gasteiger partial charge on any atom is -0.422 e. The van der Waals surface area contributed by atoms with E-state index in [1.165, 1.54) is 10.6 Å². The Balaban J connectivity index is 1.77. The molecule has 0 amide bonds. The minimum atomic E-state index is -1.48. The number of nitrogens with two attached hydrogens (primary N) is 1. The third-order valence-corrected chi connectivity index (χ3v) is 4.69. The Hall–Kier alpha value is -3.55. The number of pyridine rings is 1. The first-order valence-corrected chi connectivity index (χ1v) is 9.13. The van der Waals surface area contributed by atoms with E-state index in [9.17, 15) is 22.8 Å². The summed E-state index contributed by atoms with van der Waals surface area (Å²) in [5, 5.41) is 0.847. The summed E-state index contributed by atoms with van der Waals surface area (Å²) < 4.78 is 47.5. The van der Waals surface area contributed by atoms with Crippen LogP contribution >= 0.6 is 0 Å². The van der Waals surface area contributed by atoms with Gasteiger partial charge >= 0.3 is 5.97 Å². The summed E-state index contributed by atoms with van der Waals surface area (Å²) in [7, 11) is 0. The molecule has 2 N–H and O–H groups in total. The van der Waals surface area contributed by atoms with Crippen molar-refractivity contribution < 1.29 is 22.7 Å². The van der Waals surface area contributed by atoms with E-state index in [1.807, 2.05) is 13.0 Å². The Labute approximate surface area is 170 Å². The van der Waals surface area contributed by atoms with E-state index in [-0.39, 0.29) is 24.9 Å². The second kappa shape index (κ2) is 8.44. The SMILES string of the molecule is C=Cc1c(F)cc(F)c(F)c1OC(=O)CCCn1c(=O)cc(C)c2ccc(N)cc21. The van der Waals surface area contributed by atoms with Gasteiger partial charge in [0.15, 0.2) is 11.6 Å². The molecule has 0 atom stereocenters. The lowest BCUT2D eigenvalue weighted by Crippen LogP contribution is -2.21. The number of fused-ring (bicyclic) bond motifs is 1. The largest absolute Gasteiger partial charge is 0.422 e. The van der Waals surface area contributed by atoms with Crippen LogP contribution in [-0.4, -0.2) is 10.5 Å². The molecule has 3 rings (SSSR count). The van der Waals surface area contributed by atoms with Gasteiger partial charge in [0.2, 0.25) is 5.82 Å². The maximum absolute atomic E-state index is 14.0. The Bertz CT molecular complexity index is 1220. The van der Waals surface area contributed by atoms with Gasteiger partial charge in [-0.3, -0.25) is 9.59 Å². The van der Waals surface area contributed by atoms with Crippen molar-refractivity contribution in [2.75, 3.05) is 5.73 Å². The molecule has 0 saturated heterocycles. The highest BCUT2D eigenvalue weighted by Crippen LogP contribution is 2.29. The quantitative estimate of drug-likeness (QED) is 0.281. The van der Waals surface area contributed by atoms with Gasteiger partial charge in [-0.05, 0) is 31.0 Å². The van der Waals surface area contributed by atoms with Crippen LogP contribution in [0.5, 0.6) is 5.75 Å². The number of benzene rings is 2. The number of hydrogen-bond donors (Lipinski definition) is 1. The van der Waals surface area contributed by atoms with Crippen LogP contribution in [0.2, 0.25) is 0 Å². The Morgan fingerprint density at radius 3 is 2.63 bits per heavy atom. The molecule has 0 bridgehead atoms. The van der Waals surface area contributed by atoms with Crippen LogP contribution in [0.25, 0.3) is 17.0 Å². The van der Waals surface area contributed by atoms with E-state index in [4.69, 9.17) is 10.5 Å². The molecule has 2 aromatic carbocycles. The molecule has 0 radical (unpaired) electrons. The number of aromatic nitrogens is 1. The third-order valence-electron chi connectivity index (χ3n) is 4.69. The number of esters is 1. The van der Waals surface area contributed by atoms with Crippen molar-refractivity contribution in [3.63, 3.8) is 0 Å². The van der Waals surface area contributed by atoms with E-state index in [2.05, 4.69) is 6.58 Å². The zero-order chi connectivity index (χ0) is 22.0. The molecule has 156 valence electrons. The minimum absolute atomic E-state index is 0.169. The lowest BCUT2D eigenvalue weighted by Gasteiger charge is -2.13. The van der Waals surface area contributed by atoms with Crippen LogP contribution in [0, 0.1) is 24.4 Å². The second-order valence-corrected chi connectivity index (χ2v) is 6.77. The van der Waals surface area contributed by atoms with Crippen molar-refractivity contribution >= 4 is 28.6 Å². The van der Waals surface area contributed by atoms with Gasteiger partial charge in [-0.1, -0.05) is 18.7 Å². The predicted molar refractivity (Wildman–Crippen MR) is 109 cm³/mol. The summed E-state index contributed by atoms with van der Waals surface area (Å²) in [5.41, 5.74) is 7.03. The van der Waals surface area contributed by atoms with E-state index >= 15 is 0 Å². The monoisotopic (exact) mass is 416 g/mol. The number of nitrogens with zero attached hydrogens (tertiary/aromatic N) is 1. The summed E-state index contributed by atoms with van der Waals surface area (Å²) in [4.78, 5) is 24.5. The van der Waals surface area contributed by atoms with Crippen LogP contribution in [0.15, 0.2) is 41.7 Å². The van der Waals surface area contributed by atoms with Crippen molar-refractivity contribution in [3.05, 3.63) is 75.8 Å². The van der Waals surface area contributed by atoms with Crippen molar-refractivity contribution in [1.29, 1.82) is 0 Å². The average Bonchev–Trinajstić information content (AvgIpc) is 2.68. The number of carbonyl (C=O) groups excluding carboxylic acids is 1. The molecular weight excluding hydrogens is 397 g/mol. The number of carbonyl (C=O) groups is 1. The molecule has 30 heavy (non-hydrogen) atoms. The number of anilines is 1. The fourth-order valence-corrected chi connectivity index (χ4v) is 3.22. The first-order valence-electron chi connectivity index (χ1n) is 9.13. The number of rotatable bonds is 6. The topological polar surface area (TPSA) is 74.3 Å². The fraction of sp³-hybridized carbons (Fsp3) is 0.182. The van der Waals surface area contributed by atoms with Crippen molar-refractivity contribution in [1.82, 2.24) is 4.57 Å². The van der Waals surface area contributed by atoms with Crippen molar-refractivity contribution in [2.45, 2.75) is 26.3 Å². The molecule has 0 aliphatic rings. The summed E-state index contributed by atoms with van der Waals surface area (Å²) in [6, 6.07) is 7.04. The zero-order valence-electron chi connectivity index (χ0n) is 16.2. The Kier molecular flexibility index (Phi) is 5.96. The molecular formula is C22H19F3N2O3. The molecule has 3 aromatic rings. The maximum atomic E-state index is 14.0. The molecule has 1 aromatic heterocycles. The maximum Gasteiger partial charge on any atom is 0.311 e. The normalized spacial score (nSPS) is 10.9. The van der Waals surface area contributed by atoms with Gasteiger partial charge in [-0.15, -0.1) is 0 Å². The van der Waals surface area contributed by atoms with Crippen LogP contribution in [-0.2, 0) is 11.3 Å². The molecule has 0 aliphatic heterocycles. The Morgan fingerprint density at radius 2 is 1.93 bits per heavy atom. The lowest BCUT2D eigenvalue weighted by molar-refractivity contribution is -0.134. The zero-order valence-corrected chi connectivity index (χ0v) is 16.2. The highest BCUT2D eigenvalue weighted by molar-refractivity contribution is 5.85. The smallest absolute Gasteiger partial charge is 0.311 e. The highest BCUT2D eigenvalue weighted by atomic mass is 19.2. The fourth-order valence-electron chi connectivity index (χ4n) is 3.22. The third kappa shape index (κ3) is 4.07. The van der Waals surface area contributed by atoms with E-state index in [0.717, 1.165) is 17.0 Å². The standard InChI is InChI=1S/C22H19F3N2O3/c1-3-14-16(23)11-17(24)21(25)22(14)30-20(29)5-4-8-27-18-10-13(26)6-7-15(18)12(2)9-19(27)28/h3,6-7,9-11H,1,4-5,8,26H2,2H3. The predicted octanol–water partition coefficient (Wildman–Crippen LogP) is 4.34. The summed E-state index contributed by atoms with van der Waals surface area (Å²) in [6.07, 6.45) is 0.899. The van der Waals surface area contributed by atoms with Crippen LogP contribution in [0.3, 0.4) is 0 Å². The lowest BCUT2D eigenvalue weighted by atomic mass is 10.1. The second-order valence-electron chi connectivity index (χ2n) is 6.77. The van der Waals surface area contributed by atoms with Crippen LogP contribution in [0.4, 0.5) is 18.9 Å². The first-order chi connectivity index (χ1) is 14.2. The highest BCUT2D eigenvalue weighted by Gasteiger charge is 2.21. The summed E-state index contributed by atoms with van der Waals surface area (Å²) >= 11 is 0. The number of hydrogen-bond acceptors (Lipinski definition) is 4. The van der Waals surface area contributed by atoms with Crippen molar-refractivity contribution in [2.24, 2.45) is 0 Å². The summed E-state index contributed by atoms with van der Waals surface area (Å²) in [6.45, 7) is 5.30. The van der Waals surface area contributed by atoms with Gasteiger partial charge in [0.1, 0.15) is 5.82 Å². The van der Waals surface area contributed by atoms with Gasteiger partial charge in [-0.2, -0.15) is 4.39 Å². The first kappa shape index (κ1) is 21.2. The number of nitrogen functional groups attached to an aromatic ring is 1. The average molecular weight is 416 g/mol. The van der Waals surface area contributed by atoms with E-state index < -0.39 is 34.7 Å². The molecule has 0 saturated carbocycles. The van der Waals surface area contributed by atoms with E-state index in [0.29, 0.717) is 17.3 Å². The summed E-state index contributed by atoms with van der Waals surface area (Å²) in [5.74, 6) is -5.79. The molecule has 1 heterocycles. The van der Waals surface area contributed by atoms with Crippen LogP contribution in [0.1, 0.15) is 24.0 Å². The van der Waals surface area contributed by atoms with E-state index in [1.54, 1.807) is 12.1 Å². The Morgan fingerprint density at radius 1 is 1.20 bits per heavy atom. The molecule has 0 unspecified atom stereocenters. The molecule has 0 spiro atoms. The molecule has 0 aliphatic carbocycles. The number of ether oxygens (including phenoxy) is 1. The molecule has 8 heteroatoms. The van der Waals surface area contributed by atoms with Crippen molar-refractivity contribution in [3.8, 4) is 5.75 Å². The van der Waals surface area contributed by atoms with Gasteiger partial charge in [0, 0.05) is 36.2 Å². The molecule has 0 fully saturated rings. The van der Waals surface area contributed by atoms with Gasteiger partial charge in [0.05, 0.1) is 11.1 Å². The van der Waals surface area contributed by atoms with Crippen LogP contribution < -0.4 is 16.0 Å². The van der Waals surface area contributed by atoms with Gasteiger partial charge in [0.25, 0.3) is 5.56 Å². The molecule has 5 nitrogen and oxygen atoms in total. The number of aryl methyl sites for hydroxylation is 2.